The number of nitrogens with zero attached hydrogens (tertiary/aromatic N) is 3. The number of thioether (sulfide) groups is 1. The van der Waals surface area contributed by atoms with Gasteiger partial charge in [0.25, 0.3) is 0 Å². The smallest absolute Gasteiger partial charge is 0.242 e. The van der Waals surface area contributed by atoms with Gasteiger partial charge in [-0.15, -0.1) is 10.2 Å². The van der Waals surface area contributed by atoms with Gasteiger partial charge >= 0.3 is 0 Å². The van der Waals surface area contributed by atoms with Crippen LogP contribution in [0.4, 0.5) is 5.69 Å². The Bertz CT molecular complexity index is 1420. The monoisotopic (exact) mass is 496 g/mol. The summed E-state index contributed by atoms with van der Waals surface area (Å²) < 4.78 is 13.0. The molecule has 1 N–H and O–H groups in total. The standard InChI is InChI=1S/C28H24N4O3S/c1-34-23-15-8-12-21(18-23)26-30-31-28(32(26)19-24-16-9-17-35-24)36-25(20-10-4-2-5-11-20)27(33)29-22-13-6-3-7-14-22/h2-18,25H,19H2,1H3,(H,29,33). The van der Waals surface area contributed by atoms with Gasteiger partial charge in [0.1, 0.15) is 16.8 Å². The molecule has 180 valence electrons. The Morgan fingerprint density at radius 3 is 2.47 bits per heavy atom. The number of benzene rings is 3. The van der Waals surface area contributed by atoms with Crippen molar-refractivity contribution in [2.75, 3.05) is 12.4 Å². The van der Waals surface area contributed by atoms with Gasteiger partial charge in [-0.3, -0.25) is 9.36 Å². The number of methoxy groups -OCH3 is 1. The number of furan rings is 1. The van der Waals surface area contributed by atoms with Crippen molar-refractivity contribution in [3.63, 3.8) is 0 Å². The Morgan fingerprint density at radius 2 is 1.75 bits per heavy atom. The third-order valence-corrected chi connectivity index (χ3v) is 6.78. The molecule has 0 radical (unpaired) electrons. The lowest BCUT2D eigenvalue weighted by Crippen LogP contribution is -2.19. The second-order valence-electron chi connectivity index (χ2n) is 7.97. The largest absolute Gasteiger partial charge is 0.497 e. The number of anilines is 1. The first kappa shape index (κ1) is 23.4. The lowest BCUT2D eigenvalue weighted by molar-refractivity contribution is -0.115. The maximum Gasteiger partial charge on any atom is 0.242 e. The maximum atomic E-state index is 13.5. The molecule has 0 aliphatic rings. The van der Waals surface area contributed by atoms with Crippen molar-refractivity contribution in [2.24, 2.45) is 0 Å². The Hall–Kier alpha value is -4.30. The SMILES string of the molecule is COc1cccc(-c2nnc(SC(C(=O)Nc3ccccc3)c3ccccc3)n2Cc2ccco2)c1. The molecule has 1 amide bonds. The fraction of sp³-hybridized carbons (Fsp3) is 0.107. The molecule has 0 aliphatic heterocycles. The number of para-hydroxylation sites is 1. The molecule has 0 aliphatic carbocycles. The van der Waals surface area contributed by atoms with Crippen LogP contribution in [0, 0.1) is 0 Å². The summed E-state index contributed by atoms with van der Waals surface area (Å²) in [4.78, 5) is 13.5. The summed E-state index contributed by atoms with van der Waals surface area (Å²) in [6, 6.07) is 30.5. The average Bonchev–Trinajstić information content (AvgIpc) is 3.59. The quantitative estimate of drug-likeness (QED) is 0.250. The molecule has 5 rings (SSSR count). The lowest BCUT2D eigenvalue weighted by Gasteiger charge is -2.17. The lowest BCUT2D eigenvalue weighted by atomic mass is 10.1. The summed E-state index contributed by atoms with van der Waals surface area (Å²) in [6.07, 6.45) is 1.64. The van der Waals surface area contributed by atoms with E-state index in [-0.39, 0.29) is 5.91 Å². The van der Waals surface area contributed by atoms with E-state index in [2.05, 4.69) is 15.5 Å². The number of hydrogen-bond acceptors (Lipinski definition) is 6. The van der Waals surface area contributed by atoms with Crippen LogP contribution >= 0.6 is 11.8 Å². The Morgan fingerprint density at radius 1 is 0.972 bits per heavy atom. The van der Waals surface area contributed by atoms with Gasteiger partial charge in [0.05, 0.1) is 19.9 Å². The minimum atomic E-state index is -0.552. The number of carbonyl (C=O) groups excluding carboxylic acids is 1. The zero-order valence-electron chi connectivity index (χ0n) is 19.6. The molecule has 2 heterocycles. The molecule has 36 heavy (non-hydrogen) atoms. The summed E-state index contributed by atoms with van der Waals surface area (Å²) in [6.45, 7) is 0.413. The van der Waals surface area contributed by atoms with Gasteiger partial charge in [0.15, 0.2) is 11.0 Å². The summed E-state index contributed by atoms with van der Waals surface area (Å²) in [5.41, 5.74) is 2.45. The molecule has 8 heteroatoms. The highest BCUT2D eigenvalue weighted by molar-refractivity contribution is 8.00. The Kier molecular flexibility index (Phi) is 7.14. The maximum absolute atomic E-state index is 13.5. The Labute approximate surface area is 213 Å². The molecule has 7 nitrogen and oxygen atoms in total. The summed E-state index contributed by atoms with van der Waals surface area (Å²) in [7, 11) is 1.63. The highest BCUT2D eigenvalue weighted by atomic mass is 32.2. The van der Waals surface area contributed by atoms with Crippen LogP contribution in [-0.2, 0) is 11.3 Å². The second kappa shape index (κ2) is 11.0. The van der Waals surface area contributed by atoms with Gasteiger partial charge in [-0.2, -0.15) is 0 Å². The number of carbonyl (C=O) groups is 1. The molecule has 0 saturated carbocycles. The molecule has 0 fully saturated rings. The minimum absolute atomic E-state index is 0.145. The Balaban J connectivity index is 1.53. The predicted molar refractivity (Wildman–Crippen MR) is 140 cm³/mol. The molecular weight excluding hydrogens is 472 g/mol. The van der Waals surface area contributed by atoms with Crippen LogP contribution in [0.5, 0.6) is 5.75 Å². The van der Waals surface area contributed by atoms with E-state index in [1.54, 1.807) is 13.4 Å². The predicted octanol–water partition coefficient (Wildman–Crippen LogP) is 6.07. The minimum Gasteiger partial charge on any atom is -0.497 e. The fourth-order valence-electron chi connectivity index (χ4n) is 3.79. The van der Waals surface area contributed by atoms with Crippen LogP contribution in [0.25, 0.3) is 11.4 Å². The molecule has 5 aromatic rings. The van der Waals surface area contributed by atoms with Gasteiger partial charge in [0, 0.05) is 11.3 Å². The van der Waals surface area contributed by atoms with Crippen LogP contribution in [0.1, 0.15) is 16.6 Å². The second-order valence-corrected chi connectivity index (χ2v) is 9.04. The topological polar surface area (TPSA) is 82.2 Å². The molecule has 1 unspecified atom stereocenters. The first-order chi connectivity index (χ1) is 17.7. The van der Waals surface area contributed by atoms with E-state index in [1.807, 2.05) is 102 Å². The van der Waals surface area contributed by atoms with E-state index in [4.69, 9.17) is 9.15 Å². The van der Waals surface area contributed by atoms with Gasteiger partial charge in [-0.25, -0.2) is 0 Å². The van der Waals surface area contributed by atoms with Crippen molar-refractivity contribution in [1.82, 2.24) is 14.8 Å². The number of aromatic nitrogens is 3. The van der Waals surface area contributed by atoms with E-state index in [1.165, 1.54) is 11.8 Å². The summed E-state index contributed by atoms with van der Waals surface area (Å²) in [5, 5.41) is 12.1. The molecule has 3 aromatic carbocycles. The molecule has 0 bridgehead atoms. The first-order valence-electron chi connectivity index (χ1n) is 11.4. The van der Waals surface area contributed by atoms with Gasteiger partial charge in [-0.1, -0.05) is 72.4 Å². The van der Waals surface area contributed by atoms with E-state index in [9.17, 15) is 4.79 Å². The highest BCUT2D eigenvalue weighted by Gasteiger charge is 2.26. The normalized spacial score (nSPS) is 11.7. The molecule has 0 spiro atoms. The molecule has 1 atom stereocenters. The highest BCUT2D eigenvalue weighted by Crippen LogP contribution is 2.37. The van der Waals surface area contributed by atoms with Crippen LogP contribution in [0.3, 0.4) is 0 Å². The average molecular weight is 497 g/mol. The van der Waals surface area contributed by atoms with Gasteiger partial charge in [-0.05, 0) is 42.0 Å². The van der Waals surface area contributed by atoms with Crippen molar-refractivity contribution in [3.05, 3.63) is 115 Å². The number of hydrogen-bond donors (Lipinski definition) is 1. The zero-order valence-corrected chi connectivity index (χ0v) is 20.4. The van der Waals surface area contributed by atoms with Crippen molar-refractivity contribution in [1.29, 1.82) is 0 Å². The van der Waals surface area contributed by atoms with Crippen LogP contribution in [0.2, 0.25) is 0 Å². The zero-order chi connectivity index (χ0) is 24.7. The van der Waals surface area contributed by atoms with Crippen LogP contribution in [-0.4, -0.2) is 27.8 Å². The van der Waals surface area contributed by atoms with E-state index in [0.29, 0.717) is 17.5 Å². The van der Waals surface area contributed by atoms with E-state index in [0.717, 1.165) is 28.3 Å². The van der Waals surface area contributed by atoms with Crippen LogP contribution in [0.15, 0.2) is 113 Å². The summed E-state index contributed by atoms with van der Waals surface area (Å²) in [5.74, 6) is 1.99. The van der Waals surface area contributed by atoms with Crippen LogP contribution < -0.4 is 10.1 Å². The van der Waals surface area contributed by atoms with Crippen molar-refractivity contribution < 1.29 is 13.9 Å². The molecule has 2 aromatic heterocycles. The first-order valence-corrected chi connectivity index (χ1v) is 12.3. The van der Waals surface area contributed by atoms with Gasteiger partial charge < -0.3 is 14.5 Å². The van der Waals surface area contributed by atoms with Gasteiger partial charge in [0.2, 0.25) is 5.91 Å². The fourth-order valence-corrected chi connectivity index (χ4v) is 4.82. The number of amides is 1. The third kappa shape index (κ3) is 5.34. The van der Waals surface area contributed by atoms with Crippen molar-refractivity contribution >= 4 is 23.4 Å². The number of rotatable bonds is 9. The third-order valence-electron chi connectivity index (χ3n) is 5.54. The van der Waals surface area contributed by atoms with Crippen molar-refractivity contribution in [2.45, 2.75) is 17.0 Å². The molecular formula is C28H24N4O3S. The number of nitrogens with one attached hydrogen (secondary N) is 1. The molecule has 0 saturated heterocycles. The van der Waals surface area contributed by atoms with E-state index >= 15 is 0 Å². The van der Waals surface area contributed by atoms with Crippen molar-refractivity contribution in [3.8, 4) is 17.1 Å². The summed E-state index contributed by atoms with van der Waals surface area (Å²) >= 11 is 1.35. The van der Waals surface area contributed by atoms with E-state index < -0.39 is 5.25 Å². The number of ether oxygens (including phenoxy) is 1.